The second-order valence-electron chi connectivity index (χ2n) is 5.83. The Morgan fingerprint density at radius 3 is 1.74 bits per heavy atom. The van der Waals surface area contributed by atoms with Gasteiger partial charge in [0, 0.05) is 0 Å². The lowest BCUT2D eigenvalue weighted by atomic mass is 9.84. The van der Waals surface area contributed by atoms with Gasteiger partial charge in [-0.3, -0.25) is 9.59 Å². The van der Waals surface area contributed by atoms with Gasteiger partial charge in [-0.05, 0) is 12.1 Å². The maximum absolute atomic E-state index is 12.9. The van der Waals surface area contributed by atoms with Gasteiger partial charge in [-0.25, -0.2) is 4.90 Å². The summed E-state index contributed by atoms with van der Waals surface area (Å²) in [6, 6.07) is 8.57. The molecule has 1 aliphatic heterocycles. The van der Waals surface area contributed by atoms with Gasteiger partial charge in [-0.2, -0.15) is 0 Å². The highest BCUT2D eigenvalue weighted by Gasteiger charge is 2.81. The van der Waals surface area contributed by atoms with E-state index in [4.69, 9.17) is 58.0 Å². The molecular formula is C15H8Cl5NO2. The second kappa shape index (κ2) is 4.80. The summed E-state index contributed by atoms with van der Waals surface area (Å²) in [5.74, 6) is -2.80. The smallest absolute Gasteiger partial charge is 0.239 e. The summed E-state index contributed by atoms with van der Waals surface area (Å²) >= 11 is 32.0. The molecule has 3 aliphatic rings. The molecule has 3 nitrogen and oxygen atoms in total. The fourth-order valence-electron chi connectivity index (χ4n) is 3.80. The van der Waals surface area contributed by atoms with Crippen LogP contribution in [-0.4, -0.2) is 26.9 Å². The molecule has 0 aromatic heterocycles. The van der Waals surface area contributed by atoms with Crippen molar-refractivity contribution in [1.82, 2.24) is 0 Å². The third-order valence-corrected chi connectivity index (χ3v) is 8.32. The van der Waals surface area contributed by atoms with Crippen molar-refractivity contribution in [1.29, 1.82) is 0 Å². The summed E-state index contributed by atoms with van der Waals surface area (Å²) in [7, 11) is 0. The summed E-state index contributed by atoms with van der Waals surface area (Å²) in [5.41, 5.74) is 0.454. The van der Waals surface area contributed by atoms with E-state index in [1.165, 1.54) is 0 Å². The Morgan fingerprint density at radius 2 is 1.30 bits per heavy atom. The molecule has 0 radical (unpaired) electrons. The lowest BCUT2D eigenvalue weighted by Gasteiger charge is -2.28. The predicted octanol–water partition coefficient (Wildman–Crippen LogP) is 4.07. The van der Waals surface area contributed by atoms with E-state index in [1.807, 2.05) is 0 Å². The van der Waals surface area contributed by atoms with E-state index in [1.54, 1.807) is 30.3 Å². The standard InChI is InChI=1S/C15H8Cl5NO2/c16-9-10(17)15(20)8-7(14(9,19)13(15)18)11(22)21(12(8)23)6-4-2-1-3-5-6/h1-5,7-8,13H/t7-,8+,13?,14+,15-. The van der Waals surface area contributed by atoms with Crippen molar-refractivity contribution in [3.8, 4) is 0 Å². The minimum atomic E-state index is -1.47. The average Bonchev–Trinajstić information content (AvgIpc) is 2.96. The normalized spacial score (nSPS) is 42.0. The second-order valence-corrected chi connectivity index (χ2v) is 8.27. The minimum absolute atomic E-state index is 0.0492. The fraction of sp³-hybridized carbons (Fsp3) is 0.333. The van der Waals surface area contributed by atoms with E-state index >= 15 is 0 Å². The van der Waals surface area contributed by atoms with Crippen molar-refractivity contribution >= 4 is 75.5 Å². The van der Waals surface area contributed by atoms with Crippen molar-refractivity contribution in [2.75, 3.05) is 4.90 Å². The maximum atomic E-state index is 12.9. The Hall–Kier alpha value is -0.450. The zero-order valence-electron chi connectivity index (χ0n) is 11.3. The number of benzene rings is 1. The number of amides is 2. The Labute approximate surface area is 157 Å². The van der Waals surface area contributed by atoms with Gasteiger partial charge in [0.2, 0.25) is 11.8 Å². The van der Waals surface area contributed by atoms with E-state index in [0.717, 1.165) is 4.90 Å². The molecule has 2 amide bonds. The van der Waals surface area contributed by atoms with Crippen molar-refractivity contribution in [3.63, 3.8) is 0 Å². The van der Waals surface area contributed by atoms with Crippen LogP contribution in [0.1, 0.15) is 0 Å². The molecule has 1 heterocycles. The van der Waals surface area contributed by atoms with Crippen LogP contribution in [-0.2, 0) is 9.59 Å². The highest BCUT2D eigenvalue weighted by Crippen LogP contribution is 2.71. The van der Waals surface area contributed by atoms with E-state index < -0.39 is 38.8 Å². The monoisotopic (exact) mass is 409 g/mol. The molecular weight excluding hydrogens is 403 g/mol. The molecule has 5 atom stereocenters. The first-order chi connectivity index (χ1) is 10.8. The Kier molecular flexibility index (Phi) is 3.35. The number of anilines is 1. The molecule has 2 aliphatic carbocycles. The number of rotatable bonds is 1. The topological polar surface area (TPSA) is 37.4 Å². The van der Waals surface area contributed by atoms with E-state index in [9.17, 15) is 9.59 Å². The maximum Gasteiger partial charge on any atom is 0.239 e. The lowest BCUT2D eigenvalue weighted by Crippen LogP contribution is -2.43. The van der Waals surface area contributed by atoms with Crippen molar-refractivity contribution in [3.05, 3.63) is 40.4 Å². The molecule has 1 saturated carbocycles. The zero-order chi connectivity index (χ0) is 16.7. The molecule has 2 fully saturated rings. The SMILES string of the molecule is O=C1[C@@H]2[C@H](C(=O)N1c1ccccc1)[C@]1(Cl)C(Cl)=C(Cl)[C@@]2(Cl)C1Cl. The molecule has 23 heavy (non-hydrogen) atoms. The van der Waals surface area contributed by atoms with E-state index in [0.29, 0.717) is 5.69 Å². The molecule has 1 saturated heterocycles. The van der Waals surface area contributed by atoms with Crippen molar-refractivity contribution in [2.24, 2.45) is 11.8 Å². The summed E-state index contributed by atoms with van der Waals surface area (Å²) in [6.07, 6.45) is 0. The Morgan fingerprint density at radius 1 is 0.870 bits per heavy atom. The number of fused-ring (bicyclic) bond motifs is 5. The fourth-order valence-corrected chi connectivity index (χ4v) is 6.29. The lowest BCUT2D eigenvalue weighted by molar-refractivity contribution is -0.123. The summed E-state index contributed by atoms with van der Waals surface area (Å²) in [5, 5.41) is -0.847. The number of allylic oxidation sites excluding steroid dienone is 2. The van der Waals surface area contributed by atoms with Crippen LogP contribution in [0, 0.1) is 11.8 Å². The van der Waals surface area contributed by atoms with E-state index in [2.05, 4.69) is 0 Å². The number of nitrogens with zero attached hydrogens (tertiary/aromatic N) is 1. The van der Waals surface area contributed by atoms with Crippen LogP contribution >= 0.6 is 58.0 Å². The first-order valence-electron chi connectivity index (χ1n) is 6.78. The van der Waals surface area contributed by atoms with Crippen molar-refractivity contribution in [2.45, 2.75) is 15.1 Å². The van der Waals surface area contributed by atoms with Crippen LogP contribution < -0.4 is 4.90 Å². The minimum Gasteiger partial charge on any atom is -0.274 e. The van der Waals surface area contributed by atoms with Gasteiger partial charge in [-0.1, -0.05) is 41.4 Å². The molecule has 1 aromatic carbocycles. The van der Waals surface area contributed by atoms with Gasteiger partial charge in [-0.15, -0.1) is 34.8 Å². The van der Waals surface area contributed by atoms with Crippen LogP contribution in [0.15, 0.2) is 40.4 Å². The van der Waals surface area contributed by atoms with Crippen LogP contribution in [0.25, 0.3) is 0 Å². The number of hydrogen-bond donors (Lipinski definition) is 0. The Balaban J connectivity index is 1.90. The van der Waals surface area contributed by atoms with Crippen molar-refractivity contribution < 1.29 is 9.59 Å². The molecule has 2 bridgehead atoms. The Bertz CT molecular complexity index is 737. The van der Waals surface area contributed by atoms with Crippen LogP contribution in [0.3, 0.4) is 0 Å². The van der Waals surface area contributed by atoms with Gasteiger partial charge in [0.25, 0.3) is 0 Å². The molecule has 0 N–H and O–H groups in total. The number of carbonyl (C=O) groups excluding carboxylic acids is 2. The predicted molar refractivity (Wildman–Crippen MR) is 91.5 cm³/mol. The largest absolute Gasteiger partial charge is 0.274 e. The summed E-state index contributed by atoms with van der Waals surface area (Å²) in [6.45, 7) is 0. The third-order valence-electron chi connectivity index (χ3n) is 4.83. The highest BCUT2D eigenvalue weighted by molar-refractivity contribution is 6.57. The van der Waals surface area contributed by atoms with Crippen LogP contribution in [0.5, 0.6) is 0 Å². The molecule has 1 aromatic rings. The molecule has 120 valence electrons. The average molecular weight is 411 g/mol. The molecule has 1 unspecified atom stereocenters. The number of alkyl halides is 3. The summed E-state index contributed by atoms with van der Waals surface area (Å²) in [4.78, 5) is 24.0. The van der Waals surface area contributed by atoms with E-state index in [-0.39, 0.29) is 10.1 Å². The highest BCUT2D eigenvalue weighted by atomic mass is 35.5. The van der Waals surface area contributed by atoms with Gasteiger partial charge in [0.05, 0.1) is 33.0 Å². The number of halogens is 5. The number of imide groups is 1. The van der Waals surface area contributed by atoms with Crippen LogP contribution in [0.4, 0.5) is 5.69 Å². The zero-order valence-corrected chi connectivity index (χ0v) is 15.1. The van der Waals surface area contributed by atoms with Crippen LogP contribution in [0.2, 0.25) is 0 Å². The molecule has 4 rings (SSSR count). The summed E-state index contributed by atoms with van der Waals surface area (Å²) < 4.78 is 0. The number of hydrogen-bond acceptors (Lipinski definition) is 2. The first-order valence-corrected chi connectivity index (χ1v) is 8.73. The van der Waals surface area contributed by atoms with Gasteiger partial charge < -0.3 is 0 Å². The molecule has 0 spiro atoms. The molecule has 8 heteroatoms. The number of carbonyl (C=O) groups is 2. The van der Waals surface area contributed by atoms with Gasteiger partial charge in [0.15, 0.2) is 0 Å². The van der Waals surface area contributed by atoms with Gasteiger partial charge in [0.1, 0.15) is 9.75 Å². The first kappa shape index (κ1) is 16.0. The number of para-hydroxylation sites is 1. The van der Waals surface area contributed by atoms with Gasteiger partial charge >= 0.3 is 0 Å². The quantitative estimate of drug-likeness (QED) is 0.516. The third kappa shape index (κ3) is 1.61.